The number of hydrogen-bond acceptors (Lipinski definition) is 1. The molecular formula is C14H8Cl2F2O. The highest BCUT2D eigenvalue weighted by Crippen LogP contribution is 2.22. The Hall–Kier alpha value is -1.45. The van der Waals surface area contributed by atoms with Crippen LogP contribution >= 0.6 is 23.2 Å². The molecule has 0 aliphatic carbocycles. The maximum Gasteiger partial charge on any atom is 0.167 e. The van der Waals surface area contributed by atoms with Crippen LogP contribution in [-0.2, 0) is 6.42 Å². The van der Waals surface area contributed by atoms with Crippen molar-refractivity contribution in [3.05, 3.63) is 69.2 Å². The van der Waals surface area contributed by atoms with Gasteiger partial charge in [-0.2, -0.15) is 0 Å². The Morgan fingerprint density at radius 1 is 1.05 bits per heavy atom. The summed E-state index contributed by atoms with van der Waals surface area (Å²) < 4.78 is 26.2. The molecule has 5 heteroatoms. The highest BCUT2D eigenvalue weighted by atomic mass is 35.5. The summed E-state index contributed by atoms with van der Waals surface area (Å²) in [5.41, 5.74) is 0.638. The Morgan fingerprint density at radius 3 is 2.47 bits per heavy atom. The van der Waals surface area contributed by atoms with E-state index in [4.69, 9.17) is 23.2 Å². The maximum atomic E-state index is 13.2. The molecule has 0 spiro atoms. The van der Waals surface area contributed by atoms with Gasteiger partial charge < -0.3 is 0 Å². The second kappa shape index (κ2) is 5.68. The zero-order chi connectivity index (χ0) is 14.0. The zero-order valence-corrected chi connectivity index (χ0v) is 11.1. The van der Waals surface area contributed by atoms with E-state index in [0.717, 1.165) is 6.07 Å². The van der Waals surface area contributed by atoms with Crippen LogP contribution in [0, 0.1) is 11.6 Å². The predicted octanol–water partition coefficient (Wildman–Crippen LogP) is 4.70. The maximum absolute atomic E-state index is 13.2. The van der Waals surface area contributed by atoms with Crippen molar-refractivity contribution in [2.45, 2.75) is 6.42 Å². The van der Waals surface area contributed by atoms with E-state index in [1.165, 1.54) is 24.3 Å². The first-order valence-electron chi connectivity index (χ1n) is 5.40. The van der Waals surface area contributed by atoms with Crippen LogP contribution in [0.4, 0.5) is 8.78 Å². The third kappa shape index (κ3) is 3.11. The first-order chi connectivity index (χ1) is 8.99. The Labute approximate surface area is 118 Å². The lowest BCUT2D eigenvalue weighted by Gasteiger charge is -2.05. The van der Waals surface area contributed by atoms with Gasteiger partial charge in [0.2, 0.25) is 0 Å². The monoisotopic (exact) mass is 300 g/mol. The molecule has 0 bridgehead atoms. The average molecular weight is 301 g/mol. The molecule has 19 heavy (non-hydrogen) atoms. The Kier molecular flexibility index (Phi) is 4.17. The molecule has 0 heterocycles. The fraction of sp³-hybridized carbons (Fsp3) is 0.0714. The first-order valence-corrected chi connectivity index (χ1v) is 6.16. The molecule has 0 radical (unpaired) electrons. The van der Waals surface area contributed by atoms with Gasteiger partial charge in [0, 0.05) is 12.0 Å². The predicted molar refractivity (Wildman–Crippen MR) is 70.9 cm³/mol. The minimum absolute atomic E-state index is 0.0709. The minimum Gasteiger partial charge on any atom is -0.294 e. The van der Waals surface area contributed by atoms with Crippen molar-refractivity contribution >= 4 is 29.0 Å². The van der Waals surface area contributed by atoms with E-state index >= 15 is 0 Å². The van der Waals surface area contributed by atoms with Crippen molar-refractivity contribution in [2.24, 2.45) is 0 Å². The quantitative estimate of drug-likeness (QED) is 0.751. The summed E-state index contributed by atoms with van der Waals surface area (Å²) in [6.45, 7) is 0. The van der Waals surface area contributed by atoms with Crippen molar-refractivity contribution in [3.8, 4) is 0 Å². The third-order valence-corrected chi connectivity index (χ3v) is 3.34. The van der Waals surface area contributed by atoms with Crippen molar-refractivity contribution in [3.63, 3.8) is 0 Å². The molecule has 0 aliphatic heterocycles. The Morgan fingerprint density at radius 2 is 1.79 bits per heavy atom. The van der Waals surface area contributed by atoms with E-state index in [2.05, 4.69) is 0 Å². The number of carbonyl (C=O) groups excluding carboxylic acids is 1. The van der Waals surface area contributed by atoms with Crippen LogP contribution in [0.5, 0.6) is 0 Å². The summed E-state index contributed by atoms with van der Waals surface area (Å²) in [6, 6.07) is 7.94. The molecule has 0 unspecified atom stereocenters. The van der Waals surface area contributed by atoms with Gasteiger partial charge >= 0.3 is 0 Å². The van der Waals surface area contributed by atoms with Crippen molar-refractivity contribution in [1.82, 2.24) is 0 Å². The van der Waals surface area contributed by atoms with E-state index in [1.54, 1.807) is 6.07 Å². The van der Waals surface area contributed by atoms with Gasteiger partial charge in [-0.15, -0.1) is 0 Å². The normalized spacial score (nSPS) is 10.5. The van der Waals surface area contributed by atoms with Crippen LogP contribution in [0.3, 0.4) is 0 Å². The fourth-order valence-electron chi connectivity index (χ4n) is 1.63. The van der Waals surface area contributed by atoms with Gasteiger partial charge in [-0.05, 0) is 29.8 Å². The SMILES string of the molecule is O=C(Cc1cccc(F)c1Cl)c1ccc(F)c(Cl)c1. The van der Waals surface area contributed by atoms with Gasteiger partial charge in [-0.25, -0.2) is 8.78 Å². The van der Waals surface area contributed by atoms with E-state index in [0.29, 0.717) is 5.56 Å². The van der Waals surface area contributed by atoms with Crippen LogP contribution in [0.2, 0.25) is 10.0 Å². The molecule has 2 rings (SSSR count). The molecule has 1 nitrogen and oxygen atoms in total. The Balaban J connectivity index is 2.26. The largest absolute Gasteiger partial charge is 0.294 e. The number of halogens is 4. The fourth-order valence-corrected chi connectivity index (χ4v) is 2.00. The summed E-state index contributed by atoms with van der Waals surface area (Å²) >= 11 is 11.4. The van der Waals surface area contributed by atoms with E-state index in [1.807, 2.05) is 0 Å². The summed E-state index contributed by atoms with van der Waals surface area (Å²) in [4.78, 5) is 12.0. The molecule has 0 saturated carbocycles. The molecule has 0 N–H and O–H groups in total. The van der Waals surface area contributed by atoms with E-state index in [9.17, 15) is 13.6 Å². The van der Waals surface area contributed by atoms with E-state index in [-0.39, 0.29) is 27.8 Å². The number of ketones is 1. The van der Waals surface area contributed by atoms with Gasteiger partial charge in [0.05, 0.1) is 10.0 Å². The molecule has 0 aliphatic rings. The summed E-state index contributed by atoms with van der Waals surface area (Å²) in [5.74, 6) is -1.49. The summed E-state index contributed by atoms with van der Waals surface area (Å²) in [5, 5.41) is -0.208. The minimum atomic E-state index is -0.595. The molecule has 98 valence electrons. The molecule has 2 aromatic rings. The van der Waals surface area contributed by atoms with Gasteiger partial charge in [-0.3, -0.25) is 4.79 Å². The lowest BCUT2D eigenvalue weighted by atomic mass is 10.0. The molecule has 0 saturated heterocycles. The van der Waals surface area contributed by atoms with Crippen LogP contribution in [0.25, 0.3) is 0 Å². The second-order valence-corrected chi connectivity index (χ2v) is 4.73. The van der Waals surface area contributed by atoms with Crippen LogP contribution < -0.4 is 0 Å². The van der Waals surface area contributed by atoms with E-state index < -0.39 is 11.6 Å². The molecule has 0 amide bonds. The highest BCUT2D eigenvalue weighted by Gasteiger charge is 2.13. The van der Waals surface area contributed by atoms with Crippen molar-refractivity contribution < 1.29 is 13.6 Å². The molecule has 0 aromatic heterocycles. The number of benzene rings is 2. The van der Waals surface area contributed by atoms with Crippen LogP contribution in [0.1, 0.15) is 15.9 Å². The summed E-state index contributed by atoms with van der Waals surface area (Å²) in [6.07, 6.45) is -0.0709. The van der Waals surface area contributed by atoms with Crippen molar-refractivity contribution in [2.75, 3.05) is 0 Å². The zero-order valence-electron chi connectivity index (χ0n) is 9.59. The van der Waals surface area contributed by atoms with Gasteiger partial charge in [0.1, 0.15) is 11.6 Å². The lowest BCUT2D eigenvalue weighted by Crippen LogP contribution is -2.05. The average Bonchev–Trinajstić information content (AvgIpc) is 2.38. The number of Topliss-reactive ketones (excluding diaryl/α,β-unsaturated/α-hetero) is 1. The topological polar surface area (TPSA) is 17.1 Å². The van der Waals surface area contributed by atoms with Crippen LogP contribution in [-0.4, -0.2) is 5.78 Å². The Bertz CT molecular complexity index is 641. The number of rotatable bonds is 3. The van der Waals surface area contributed by atoms with Gasteiger partial charge in [0.25, 0.3) is 0 Å². The molecule has 0 fully saturated rings. The summed E-state index contributed by atoms with van der Waals surface area (Å²) in [7, 11) is 0. The standard InChI is InChI=1S/C14H8Cl2F2O/c15-10-6-8(4-5-11(10)17)13(19)7-9-2-1-3-12(18)14(9)16/h1-6H,7H2. The first kappa shape index (κ1) is 14.0. The highest BCUT2D eigenvalue weighted by molar-refractivity contribution is 6.32. The van der Waals surface area contributed by atoms with Crippen molar-refractivity contribution in [1.29, 1.82) is 0 Å². The number of hydrogen-bond donors (Lipinski definition) is 0. The third-order valence-electron chi connectivity index (χ3n) is 2.62. The van der Waals surface area contributed by atoms with Crippen LogP contribution in [0.15, 0.2) is 36.4 Å². The number of carbonyl (C=O) groups is 1. The second-order valence-electron chi connectivity index (χ2n) is 3.94. The molecular weight excluding hydrogens is 293 g/mol. The molecule has 2 aromatic carbocycles. The smallest absolute Gasteiger partial charge is 0.167 e. The van der Waals surface area contributed by atoms with Gasteiger partial charge in [-0.1, -0.05) is 35.3 Å². The lowest BCUT2D eigenvalue weighted by molar-refractivity contribution is 0.0993. The molecule has 0 atom stereocenters. The van der Waals surface area contributed by atoms with Gasteiger partial charge in [0.15, 0.2) is 5.78 Å².